The first-order chi connectivity index (χ1) is 13.6. The number of hydrogen-bond donors (Lipinski definition) is 1. The fourth-order valence-corrected chi connectivity index (χ4v) is 3.53. The van der Waals surface area contributed by atoms with Gasteiger partial charge in [-0.25, -0.2) is 0 Å². The van der Waals surface area contributed by atoms with Gasteiger partial charge in [0.05, 0.1) is 7.11 Å². The van der Waals surface area contributed by atoms with E-state index in [1.807, 2.05) is 6.07 Å². The smallest absolute Gasteiger partial charge is 0.326 e. The number of nitrogens with zero attached hydrogens (tertiary/aromatic N) is 1. The highest BCUT2D eigenvalue weighted by Gasteiger charge is 2.29. The van der Waals surface area contributed by atoms with Crippen LogP contribution >= 0.6 is 11.8 Å². The zero-order chi connectivity index (χ0) is 19.9. The lowest BCUT2D eigenvalue weighted by Gasteiger charge is -2.20. The fraction of sp³-hybridized carbons (Fsp3) is 0.250. The minimum absolute atomic E-state index is 0.158. The summed E-state index contributed by atoms with van der Waals surface area (Å²) in [7, 11) is 1.54. The maximum absolute atomic E-state index is 12.8. The topological polar surface area (TPSA) is 84.9 Å². The lowest BCUT2D eigenvalue weighted by atomic mass is 10.1. The van der Waals surface area contributed by atoms with Crippen LogP contribution in [0.25, 0.3) is 0 Å². The van der Waals surface area contributed by atoms with E-state index in [-0.39, 0.29) is 11.8 Å². The number of methoxy groups -OCH3 is 1. The molecular formula is C20H20N2O5S. The Balaban J connectivity index is 1.73. The molecule has 8 heteroatoms. The molecule has 0 spiro atoms. The lowest BCUT2D eigenvalue weighted by molar-refractivity contribution is -0.155. The number of benzene rings is 2. The highest BCUT2D eigenvalue weighted by molar-refractivity contribution is 8.13. The number of anilines is 1. The Labute approximate surface area is 167 Å². The molecule has 7 nitrogen and oxygen atoms in total. The molecule has 3 rings (SSSR count). The van der Waals surface area contributed by atoms with Crippen molar-refractivity contribution in [3.8, 4) is 5.75 Å². The quantitative estimate of drug-likeness (QED) is 0.719. The zero-order valence-corrected chi connectivity index (χ0v) is 16.1. The Morgan fingerprint density at radius 1 is 1.18 bits per heavy atom. The van der Waals surface area contributed by atoms with E-state index in [0.717, 1.165) is 11.8 Å². The summed E-state index contributed by atoms with van der Waals surface area (Å²) >= 11 is 1.16. The normalized spacial score (nSPS) is 14.5. The van der Waals surface area contributed by atoms with E-state index in [1.54, 1.807) is 48.5 Å². The van der Waals surface area contributed by atoms with Gasteiger partial charge in [0.1, 0.15) is 12.3 Å². The number of rotatable bonds is 7. The average molecular weight is 400 g/mol. The number of carbonyl (C=O) groups excluding carboxylic acids is 3. The zero-order valence-electron chi connectivity index (χ0n) is 15.3. The van der Waals surface area contributed by atoms with E-state index in [1.165, 1.54) is 12.0 Å². The van der Waals surface area contributed by atoms with Crippen LogP contribution in [0.4, 0.5) is 10.5 Å². The molecule has 1 fully saturated rings. The summed E-state index contributed by atoms with van der Waals surface area (Å²) in [6.45, 7) is 0.312. The van der Waals surface area contributed by atoms with Crippen LogP contribution < -0.4 is 10.1 Å². The Morgan fingerprint density at radius 2 is 1.96 bits per heavy atom. The van der Waals surface area contributed by atoms with Crippen molar-refractivity contribution in [1.82, 2.24) is 4.90 Å². The molecule has 1 N–H and O–H groups in total. The van der Waals surface area contributed by atoms with Crippen LogP contribution in [0.1, 0.15) is 11.7 Å². The third-order valence-corrected chi connectivity index (χ3v) is 4.98. The summed E-state index contributed by atoms with van der Waals surface area (Å²) in [5, 5.41) is 2.58. The maximum Gasteiger partial charge on any atom is 0.326 e. The lowest BCUT2D eigenvalue weighted by Crippen LogP contribution is -2.34. The molecule has 0 saturated carbocycles. The molecule has 1 saturated heterocycles. The van der Waals surface area contributed by atoms with Crippen molar-refractivity contribution in [2.24, 2.45) is 0 Å². The number of amides is 2. The van der Waals surface area contributed by atoms with Gasteiger partial charge in [0.2, 0.25) is 6.10 Å². The maximum atomic E-state index is 12.8. The van der Waals surface area contributed by atoms with Crippen molar-refractivity contribution in [1.29, 1.82) is 0 Å². The fourth-order valence-electron chi connectivity index (χ4n) is 2.70. The molecule has 0 radical (unpaired) electrons. The van der Waals surface area contributed by atoms with Crippen LogP contribution in [0.15, 0.2) is 54.6 Å². The van der Waals surface area contributed by atoms with Gasteiger partial charge in [-0.15, -0.1) is 0 Å². The molecule has 1 heterocycles. The number of esters is 1. The molecule has 28 heavy (non-hydrogen) atoms. The second-order valence-electron chi connectivity index (χ2n) is 6.04. The summed E-state index contributed by atoms with van der Waals surface area (Å²) in [4.78, 5) is 38.3. The summed E-state index contributed by atoms with van der Waals surface area (Å²) in [6.07, 6.45) is -1.13. The third kappa shape index (κ3) is 5.04. The van der Waals surface area contributed by atoms with Gasteiger partial charge in [0, 0.05) is 29.6 Å². The number of hydrogen-bond acceptors (Lipinski definition) is 6. The first kappa shape index (κ1) is 19.8. The second-order valence-corrected chi connectivity index (χ2v) is 7.08. The van der Waals surface area contributed by atoms with Crippen molar-refractivity contribution in [3.05, 3.63) is 60.2 Å². The van der Waals surface area contributed by atoms with E-state index in [9.17, 15) is 14.4 Å². The molecule has 0 unspecified atom stereocenters. The van der Waals surface area contributed by atoms with Crippen molar-refractivity contribution in [3.63, 3.8) is 0 Å². The third-order valence-electron chi connectivity index (χ3n) is 4.09. The number of carbonyl (C=O) groups is 3. The number of nitrogens with one attached hydrogen (secondary N) is 1. The van der Waals surface area contributed by atoms with E-state index < -0.39 is 18.0 Å². The number of thioether (sulfide) groups is 1. The molecule has 1 aliphatic heterocycles. The predicted octanol–water partition coefficient (Wildman–Crippen LogP) is 3.09. The van der Waals surface area contributed by atoms with Gasteiger partial charge in [-0.3, -0.25) is 14.4 Å². The molecule has 2 aromatic rings. The van der Waals surface area contributed by atoms with Gasteiger partial charge in [-0.05, 0) is 12.1 Å². The SMILES string of the molecule is COc1cccc(NC(=O)[C@H](OC(=O)CN2CCSC2=O)c2ccccc2)c1. The monoisotopic (exact) mass is 400 g/mol. The van der Waals surface area contributed by atoms with Crippen molar-refractivity contribution >= 4 is 34.6 Å². The van der Waals surface area contributed by atoms with E-state index >= 15 is 0 Å². The highest BCUT2D eigenvalue weighted by Crippen LogP contribution is 2.23. The van der Waals surface area contributed by atoms with Gasteiger partial charge >= 0.3 is 5.97 Å². The molecule has 146 valence electrons. The van der Waals surface area contributed by atoms with Crippen molar-refractivity contribution < 1.29 is 23.9 Å². The molecule has 2 amide bonds. The minimum atomic E-state index is -1.13. The van der Waals surface area contributed by atoms with Crippen LogP contribution in [0, 0.1) is 0 Å². The summed E-state index contributed by atoms with van der Waals surface area (Å²) in [5.74, 6) is 0.112. The van der Waals surface area contributed by atoms with Crippen LogP contribution in [0.2, 0.25) is 0 Å². The molecule has 0 aliphatic carbocycles. The van der Waals surface area contributed by atoms with Crippen LogP contribution in [0.5, 0.6) is 5.75 Å². The second kappa shape index (κ2) is 9.27. The summed E-state index contributed by atoms with van der Waals surface area (Å²) < 4.78 is 10.6. The van der Waals surface area contributed by atoms with Gasteiger partial charge in [-0.1, -0.05) is 48.2 Å². The first-order valence-corrected chi connectivity index (χ1v) is 9.66. The van der Waals surface area contributed by atoms with Crippen LogP contribution in [-0.4, -0.2) is 48.0 Å². The Kier molecular flexibility index (Phi) is 6.54. The van der Waals surface area contributed by atoms with E-state index in [4.69, 9.17) is 9.47 Å². The standard InChI is InChI=1S/C20H20N2O5S/c1-26-16-9-5-8-15(12-16)21-19(24)18(14-6-3-2-4-7-14)27-17(23)13-22-10-11-28-20(22)25/h2-9,12,18H,10-11,13H2,1H3,(H,21,24)/t18-/m1/s1. The summed E-state index contributed by atoms with van der Waals surface area (Å²) in [5.41, 5.74) is 1.06. The average Bonchev–Trinajstić information content (AvgIpc) is 3.11. The van der Waals surface area contributed by atoms with Gasteiger partial charge in [0.25, 0.3) is 11.1 Å². The Morgan fingerprint density at radius 3 is 2.64 bits per heavy atom. The molecule has 0 aromatic heterocycles. The first-order valence-electron chi connectivity index (χ1n) is 8.68. The van der Waals surface area contributed by atoms with Gasteiger partial charge < -0.3 is 19.7 Å². The highest BCUT2D eigenvalue weighted by atomic mass is 32.2. The van der Waals surface area contributed by atoms with Crippen molar-refractivity contribution in [2.75, 3.05) is 31.3 Å². The molecule has 1 aliphatic rings. The molecule has 2 aromatic carbocycles. The molecular weight excluding hydrogens is 380 g/mol. The minimum Gasteiger partial charge on any atom is -0.497 e. The largest absolute Gasteiger partial charge is 0.497 e. The molecule has 1 atom stereocenters. The van der Waals surface area contributed by atoms with Crippen LogP contribution in [0.3, 0.4) is 0 Å². The molecule has 0 bridgehead atoms. The van der Waals surface area contributed by atoms with Crippen LogP contribution in [-0.2, 0) is 14.3 Å². The predicted molar refractivity (Wildman–Crippen MR) is 106 cm³/mol. The number of ether oxygens (including phenoxy) is 2. The van der Waals surface area contributed by atoms with Crippen molar-refractivity contribution in [2.45, 2.75) is 6.10 Å². The van der Waals surface area contributed by atoms with E-state index in [0.29, 0.717) is 29.3 Å². The van der Waals surface area contributed by atoms with Gasteiger partial charge in [-0.2, -0.15) is 0 Å². The Bertz CT molecular complexity index is 859. The summed E-state index contributed by atoms with van der Waals surface area (Å²) in [6, 6.07) is 15.6. The van der Waals surface area contributed by atoms with Gasteiger partial charge in [0.15, 0.2) is 0 Å². The Hall–Kier alpha value is -3.00. The van der Waals surface area contributed by atoms with E-state index in [2.05, 4.69) is 5.32 Å².